The molecule has 1 unspecified atom stereocenters. The fraction of sp³-hybridized carbons (Fsp3) is 0.429. The molecule has 1 N–H and O–H groups in total. The monoisotopic (exact) mass is 436 g/mol. The van der Waals surface area contributed by atoms with E-state index in [2.05, 4.69) is 9.62 Å². The normalized spacial score (nSPS) is 16.1. The lowest BCUT2D eigenvalue weighted by molar-refractivity contribution is 0.0171. The third-order valence-electron chi connectivity index (χ3n) is 5.09. The van der Waals surface area contributed by atoms with Gasteiger partial charge in [0.05, 0.1) is 34.5 Å². The first-order valence-corrected chi connectivity index (χ1v) is 11.1. The fourth-order valence-corrected chi connectivity index (χ4v) is 4.68. The Labute approximate surface area is 177 Å². The number of sulfonamides is 1. The third-order valence-corrected chi connectivity index (χ3v) is 6.54. The molecule has 0 aliphatic carbocycles. The van der Waals surface area contributed by atoms with Crippen molar-refractivity contribution in [3.8, 4) is 17.2 Å². The topological polar surface area (TPSA) is 86.3 Å². The van der Waals surface area contributed by atoms with Gasteiger partial charge in [0, 0.05) is 31.7 Å². The highest BCUT2D eigenvalue weighted by Crippen LogP contribution is 2.29. The summed E-state index contributed by atoms with van der Waals surface area (Å²) in [6.07, 6.45) is 0. The van der Waals surface area contributed by atoms with E-state index in [0.717, 1.165) is 11.3 Å². The zero-order valence-corrected chi connectivity index (χ0v) is 18.3. The molecule has 3 rings (SSSR count). The average molecular weight is 437 g/mol. The molecule has 1 aliphatic heterocycles. The Bertz CT molecular complexity index is 944. The van der Waals surface area contributed by atoms with Crippen molar-refractivity contribution in [2.45, 2.75) is 10.9 Å². The minimum absolute atomic E-state index is 0.0377. The molecule has 2 aromatic carbocycles. The second kappa shape index (κ2) is 10.1. The van der Waals surface area contributed by atoms with E-state index in [1.807, 2.05) is 24.3 Å². The minimum atomic E-state index is -3.84. The Morgan fingerprint density at radius 1 is 1.00 bits per heavy atom. The molecule has 8 nitrogen and oxygen atoms in total. The molecule has 1 saturated heterocycles. The van der Waals surface area contributed by atoms with E-state index in [9.17, 15) is 8.42 Å². The predicted molar refractivity (Wildman–Crippen MR) is 113 cm³/mol. The summed E-state index contributed by atoms with van der Waals surface area (Å²) < 4.78 is 50.2. The van der Waals surface area contributed by atoms with Crippen LogP contribution in [0.4, 0.5) is 0 Å². The summed E-state index contributed by atoms with van der Waals surface area (Å²) in [6.45, 7) is 2.84. The number of benzene rings is 2. The highest BCUT2D eigenvalue weighted by Gasteiger charge is 2.27. The minimum Gasteiger partial charge on any atom is -0.497 e. The molecule has 0 amide bonds. The maximum absolute atomic E-state index is 13.1. The first-order chi connectivity index (χ1) is 14.5. The van der Waals surface area contributed by atoms with E-state index in [1.165, 1.54) is 20.3 Å². The first kappa shape index (κ1) is 22.4. The van der Waals surface area contributed by atoms with E-state index < -0.39 is 10.0 Å². The number of morpholine rings is 1. The van der Waals surface area contributed by atoms with Crippen LogP contribution in [0.25, 0.3) is 0 Å². The molecule has 0 radical (unpaired) electrons. The first-order valence-electron chi connectivity index (χ1n) is 9.66. The standard InChI is InChI=1S/C21H28N2O6S/c1-26-17-6-4-5-16(13-17)19(23-9-11-29-12-10-23)15-22-30(24,25)21-14-18(27-2)7-8-20(21)28-3/h4-8,13-14,19,22H,9-12,15H2,1-3H3. The van der Waals surface area contributed by atoms with Gasteiger partial charge in [-0.3, -0.25) is 4.90 Å². The average Bonchev–Trinajstić information content (AvgIpc) is 2.79. The lowest BCUT2D eigenvalue weighted by atomic mass is 10.0. The Hall–Kier alpha value is -2.33. The molecule has 9 heteroatoms. The van der Waals surface area contributed by atoms with Crippen molar-refractivity contribution in [1.29, 1.82) is 0 Å². The van der Waals surface area contributed by atoms with Gasteiger partial charge in [0.1, 0.15) is 22.1 Å². The largest absolute Gasteiger partial charge is 0.497 e. The maximum Gasteiger partial charge on any atom is 0.244 e. The van der Waals surface area contributed by atoms with Crippen molar-refractivity contribution in [1.82, 2.24) is 9.62 Å². The van der Waals surface area contributed by atoms with Gasteiger partial charge in [-0.15, -0.1) is 0 Å². The molecular formula is C21H28N2O6S. The van der Waals surface area contributed by atoms with Crippen molar-refractivity contribution in [3.63, 3.8) is 0 Å². The van der Waals surface area contributed by atoms with Crippen LogP contribution in [-0.2, 0) is 14.8 Å². The lowest BCUT2D eigenvalue weighted by Gasteiger charge is -2.35. The fourth-order valence-electron chi connectivity index (χ4n) is 3.46. The van der Waals surface area contributed by atoms with Gasteiger partial charge in [-0.1, -0.05) is 12.1 Å². The zero-order chi connectivity index (χ0) is 21.6. The molecule has 1 fully saturated rings. The molecule has 0 bridgehead atoms. The van der Waals surface area contributed by atoms with Crippen molar-refractivity contribution in [2.75, 3.05) is 54.2 Å². The molecule has 2 aromatic rings. The Morgan fingerprint density at radius 3 is 2.37 bits per heavy atom. The van der Waals surface area contributed by atoms with Crippen LogP contribution in [-0.4, -0.2) is 67.5 Å². The molecular weight excluding hydrogens is 408 g/mol. The van der Waals surface area contributed by atoms with Crippen LogP contribution in [0.5, 0.6) is 17.2 Å². The highest BCUT2D eigenvalue weighted by atomic mass is 32.2. The molecule has 1 atom stereocenters. The smallest absolute Gasteiger partial charge is 0.244 e. The third kappa shape index (κ3) is 5.23. The van der Waals surface area contributed by atoms with Crippen LogP contribution in [0, 0.1) is 0 Å². The number of methoxy groups -OCH3 is 3. The number of hydrogen-bond donors (Lipinski definition) is 1. The Kier molecular flexibility index (Phi) is 7.54. The maximum atomic E-state index is 13.1. The van der Waals surface area contributed by atoms with Gasteiger partial charge in [-0.2, -0.15) is 0 Å². The van der Waals surface area contributed by atoms with Gasteiger partial charge in [0.25, 0.3) is 0 Å². The van der Waals surface area contributed by atoms with E-state index in [4.69, 9.17) is 18.9 Å². The van der Waals surface area contributed by atoms with E-state index in [0.29, 0.717) is 32.1 Å². The summed E-state index contributed by atoms with van der Waals surface area (Å²) in [6, 6.07) is 12.2. The molecule has 0 spiro atoms. The summed E-state index contributed by atoms with van der Waals surface area (Å²) in [7, 11) is 0.702. The molecule has 0 aromatic heterocycles. The Morgan fingerprint density at radius 2 is 1.70 bits per heavy atom. The molecule has 1 heterocycles. The zero-order valence-electron chi connectivity index (χ0n) is 17.5. The van der Waals surface area contributed by atoms with Gasteiger partial charge >= 0.3 is 0 Å². The molecule has 30 heavy (non-hydrogen) atoms. The summed E-state index contributed by atoms with van der Waals surface area (Å²) in [5.41, 5.74) is 0.969. The molecule has 1 aliphatic rings. The molecule has 164 valence electrons. The van der Waals surface area contributed by atoms with Gasteiger partial charge in [-0.25, -0.2) is 13.1 Å². The van der Waals surface area contributed by atoms with E-state index >= 15 is 0 Å². The predicted octanol–water partition coefficient (Wildman–Crippen LogP) is 2.06. The number of hydrogen-bond acceptors (Lipinski definition) is 7. The molecule has 0 saturated carbocycles. The van der Waals surface area contributed by atoms with Gasteiger partial charge < -0.3 is 18.9 Å². The van der Waals surface area contributed by atoms with Crippen LogP contribution in [0.2, 0.25) is 0 Å². The highest BCUT2D eigenvalue weighted by molar-refractivity contribution is 7.89. The number of nitrogens with zero attached hydrogens (tertiary/aromatic N) is 1. The summed E-state index contributed by atoms with van der Waals surface area (Å²) in [5.74, 6) is 1.42. The number of rotatable bonds is 9. The van der Waals surface area contributed by atoms with Crippen LogP contribution < -0.4 is 18.9 Å². The second-order valence-electron chi connectivity index (χ2n) is 6.81. The van der Waals surface area contributed by atoms with Crippen molar-refractivity contribution in [3.05, 3.63) is 48.0 Å². The van der Waals surface area contributed by atoms with E-state index in [1.54, 1.807) is 19.2 Å². The van der Waals surface area contributed by atoms with Crippen LogP contribution in [0.3, 0.4) is 0 Å². The Balaban J connectivity index is 1.87. The number of ether oxygens (including phenoxy) is 4. The second-order valence-corrected chi connectivity index (χ2v) is 8.54. The summed E-state index contributed by atoms with van der Waals surface area (Å²) in [4.78, 5) is 2.25. The quantitative estimate of drug-likeness (QED) is 0.644. The SMILES string of the molecule is COc1cccc(C(CNS(=O)(=O)c2cc(OC)ccc2OC)N2CCOCC2)c1. The van der Waals surface area contributed by atoms with Gasteiger partial charge in [0.15, 0.2) is 0 Å². The summed E-state index contributed by atoms with van der Waals surface area (Å²) >= 11 is 0. The van der Waals surface area contributed by atoms with Crippen molar-refractivity contribution >= 4 is 10.0 Å². The van der Waals surface area contributed by atoms with Crippen LogP contribution in [0.1, 0.15) is 11.6 Å². The van der Waals surface area contributed by atoms with Crippen LogP contribution >= 0.6 is 0 Å². The van der Waals surface area contributed by atoms with Crippen LogP contribution in [0.15, 0.2) is 47.4 Å². The van der Waals surface area contributed by atoms with E-state index in [-0.39, 0.29) is 23.2 Å². The lowest BCUT2D eigenvalue weighted by Crippen LogP contribution is -2.43. The summed E-state index contributed by atoms with van der Waals surface area (Å²) in [5, 5.41) is 0. The van der Waals surface area contributed by atoms with Crippen molar-refractivity contribution < 1.29 is 27.4 Å². The van der Waals surface area contributed by atoms with Gasteiger partial charge in [-0.05, 0) is 29.8 Å². The van der Waals surface area contributed by atoms with Crippen molar-refractivity contribution in [2.24, 2.45) is 0 Å². The van der Waals surface area contributed by atoms with Gasteiger partial charge in [0.2, 0.25) is 10.0 Å². The number of nitrogens with one attached hydrogen (secondary N) is 1.